The van der Waals surface area contributed by atoms with Crippen molar-refractivity contribution in [3.8, 4) is 0 Å². The molecule has 0 radical (unpaired) electrons. The second-order valence-corrected chi connectivity index (χ2v) is 4.69. The first-order valence-electron chi connectivity index (χ1n) is 3.31. The summed E-state index contributed by atoms with van der Waals surface area (Å²) in [5, 5.41) is 0.583. The van der Waals surface area contributed by atoms with Crippen LogP contribution in [0.4, 0.5) is 4.39 Å². The minimum absolute atomic E-state index is 0.144. The van der Waals surface area contributed by atoms with Crippen LogP contribution in [0.25, 0.3) is 0 Å². The highest BCUT2D eigenvalue weighted by molar-refractivity contribution is 9.08. The second kappa shape index (κ2) is 6.34. The second-order valence-electron chi connectivity index (χ2n) is 2.14. The minimum atomic E-state index is -4.19. The zero-order valence-corrected chi connectivity index (χ0v) is 9.98. The quantitative estimate of drug-likeness (QED) is 0.493. The van der Waals surface area contributed by atoms with Crippen LogP contribution in [0, 0.1) is 5.82 Å². The Morgan fingerprint density at radius 2 is 1.86 bits per heavy atom. The first-order chi connectivity index (χ1) is 6.34. The van der Waals surface area contributed by atoms with Gasteiger partial charge >= 0.3 is 9.33 Å². The van der Waals surface area contributed by atoms with Crippen molar-refractivity contribution in [2.24, 2.45) is 0 Å². The Morgan fingerprint density at radius 3 is 2.14 bits per heavy atom. The normalized spacial score (nSPS) is 10.3. The molecule has 7 heteroatoms. The average molecular weight is 306 g/mol. The van der Waals surface area contributed by atoms with Crippen LogP contribution in [-0.4, -0.2) is 13.0 Å². The summed E-state index contributed by atoms with van der Waals surface area (Å²) in [6.07, 6.45) is 0. The Labute approximate surface area is 94.3 Å². The number of alkyl halides is 1. The molecule has 0 bridgehead atoms. The van der Waals surface area contributed by atoms with E-state index in [4.69, 9.17) is 13.0 Å². The van der Waals surface area contributed by atoms with E-state index in [0.29, 0.717) is 10.9 Å². The van der Waals surface area contributed by atoms with Gasteiger partial charge in [-0.15, -0.1) is 0 Å². The van der Waals surface area contributed by atoms with E-state index >= 15 is 0 Å². The fourth-order valence-corrected chi connectivity index (χ4v) is 1.06. The van der Waals surface area contributed by atoms with Crippen LogP contribution in [0.15, 0.2) is 24.3 Å². The molecule has 1 aromatic carbocycles. The van der Waals surface area contributed by atoms with Gasteiger partial charge in [0.1, 0.15) is 5.82 Å². The first kappa shape index (κ1) is 13.8. The first-order valence-corrected chi connectivity index (χ1v) is 6.70. The summed E-state index contributed by atoms with van der Waals surface area (Å²) in [6, 6.07) is 6.71. The van der Waals surface area contributed by atoms with E-state index in [0.717, 1.165) is 0 Å². The Bertz CT molecular complexity index is 374. The highest BCUT2D eigenvalue weighted by Gasteiger charge is 1.94. The van der Waals surface area contributed by atoms with E-state index in [1.807, 2.05) is 6.07 Å². The molecule has 0 saturated heterocycles. The predicted molar refractivity (Wildman–Crippen MR) is 56.4 cm³/mol. The van der Waals surface area contributed by atoms with Gasteiger partial charge in [0.15, 0.2) is 0 Å². The molecule has 1 N–H and O–H groups in total. The molecule has 0 saturated carbocycles. The third-order valence-electron chi connectivity index (χ3n) is 1.10. The lowest BCUT2D eigenvalue weighted by Crippen LogP contribution is -1.81. The Hall–Kier alpha value is -0.170. The van der Waals surface area contributed by atoms with E-state index in [1.54, 1.807) is 12.1 Å². The topological polar surface area (TPSA) is 54.4 Å². The molecule has 3 nitrogen and oxygen atoms in total. The molecule has 1 aromatic rings. The summed E-state index contributed by atoms with van der Waals surface area (Å²) in [4.78, 5) is 0. The zero-order chi connectivity index (χ0) is 11.2. The lowest BCUT2D eigenvalue weighted by Gasteiger charge is -1.93. The minimum Gasteiger partial charge on any atom is -0.273 e. The van der Waals surface area contributed by atoms with E-state index in [2.05, 4.69) is 26.6 Å². The largest absolute Gasteiger partial charge is 0.353 e. The van der Waals surface area contributed by atoms with Crippen molar-refractivity contribution in [3.63, 3.8) is 0 Å². The van der Waals surface area contributed by atoms with Crippen molar-refractivity contribution in [2.45, 2.75) is 5.33 Å². The fourth-order valence-electron chi connectivity index (χ4n) is 0.607. The molecule has 0 heterocycles. The van der Waals surface area contributed by atoms with Crippen molar-refractivity contribution >= 4 is 35.9 Å². The zero-order valence-electron chi connectivity index (χ0n) is 6.82. The summed E-state index contributed by atoms with van der Waals surface area (Å²) in [6.45, 7) is 0. The number of hydrogen-bond acceptors (Lipinski definition) is 2. The van der Waals surface area contributed by atoms with Crippen LogP contribution in [0.1, 0.15) is 5.56 Å². The third kappa shape index (κ3) is 8.43. The van der Waals surface area contributed by atoms with Crippen LogP contribution >= 0.6 is 26.6 Å². The van der Waals surface area contributed by atoms with E-state index in [9.17, 15) is 4.39 Å². The summed E-state index contributed by atoms with van der Waals surface area (Å²) < 4.78 is 37.7. The number of rotatable bonds is 1. The summed E-state index contributed by atoms with van der Waals surface area (Å²) >= 11 is 3.17. The van der Waals surface area contributed by atoms with Crippen LogP contribution < -0.4 is 0 Å². The Morgan fingerprint density at radius 1 is 1.43 bits per heavy atom. The standard InChI is InChI=1S/C7H6BrF.ClHO3S/c8-5-6-3-1-2-4-7(6)9;1-5(2,3)4/h1-4H,5H2;(H,2,3,4). The number of halogens is 3. The van der Waals surface area contributed by atoms with Gasteiger partial charge in [-0.3, -0.25) is 4.55 Å². The molecular formula is C7H7BrClFO3S. The van der Waals surface area contributed by atoms with E-state index < -0.39 is 9.33 Å². The van der Waals surface area contributed by atoms with Gasteiger partial charge in [-0.25, -0.2) is 4.39 Å². The van der Waals surface area contributed by atoms with E-state index in [1.165, 1.54) is 6.07 Å². The molecule has 0 aliphatic carbocycles. The third-order valence-corrected chi connectivity index (χ3v) is 1.71. The molecule has 1 rings (SSSR count). The summed E-state index contributed by atoms with van der Waals surface area (Å²) in [5.74, 6) is -0.144. The van der Waals surface area contributed by atoms with Crippen LogP contribution in [-0.2, 0) is 14.7 Å². The van der Waals surface area contributed by atoms with Gasteiger partial charge < -0.3 is 0 Å². The lowest BCUT2D eigenvalue weighted by molar-refractivity contribution is 0.501. The molecule has 14 heavy (non-hydrogen) atoms. The van der Waals surface area contributed by atoms with E-state index in [-0.39, 0.29) is 5.82 Å². The van der Waals surface area contributed by atoms with Crippen LogP contribution in [0.5, 0.6) is 0 Å². The molecule has 80 valence electrons. The van der Waals surface area contributed by atoms with Gasteiger partial charge in [-0.2, -0.15) is 8.42 Å². The van der Waals surface area contributed by atoms with Gasteiger partial charge in [-0.1, -0.05) is 34.1 Å². The van der Waals surface area contributed by atoms with Crippen molar-refractivity contribution in [3.05, 3.63) is 35.6 Å². The molecular weight excluding hydrogens is 298 g/mol. The Balaban J connectivity index is 0.000000292. The molecule has 0 aromatic heterocycles. The highest BCUT2D eigenvalue weighted by Crippen LogP contribution is 2.09. The van der Waals surface area contributed by atoms with Gasteiger partial charge in [0.2, 0.25) is 0 Å². The SMILES string of the molecule is Fc1ccccc1CBr.O=S(=O)(O)Cl. The molecule has 0 fully saturated rings. The molecule has 0 spiro atoms. The van der Waals surface area contributed by atoms with Gasteiger partial charge in [0.25, 0.3) is 0 Å². The van der Waals surface area contributed by atoms with Crippen LogP contribution in [0.3, 0.4) is 0 Å². The smallest absolute Gasteiger partial charge is 0.273 e. The van der Waals surface area contributed by atoms with Crippen molar-refractivity contribution in [1.82, 2.24) is 0 Å². The molecule has 0 unspecified atom stereocenters. The number of benzene rings is 1. The summed E-state index contributed by atoms with van der Waals surface area (Å²) in [7, 11) is -0.137. The van der Waals surface area contributed by atoms with Gasteiger partial charge in [0.05, 0.1) is 0 Å². The molecule has 0 aliphatic rings. The van der Waals surface area contributed by atoms with Crippen molar-refractivity contribution < 1.29 is 17.4 Å². The fraction of sp³-hybridized carbons (Fsp3) is 0.143. The van der Waals surface area contributed by atoms with Crippen molar-refractivity contribution in [2.75, 3.05) is 0 Å². The molecule has 0 aliphatic heterocycles. The summed E-state index contributed by atoms with van der Waals surface area (Å²) in [5.41, 5.74) is 0.706. The van der Waals surface area contributed by atoms with Gasteiger partial charge in [0, 0.05) is 16.0 Å². The maximum atomic E-state index is 12.6. The maximum absolute atomic E-state index is 12.6. The predicted octanol–water partition coefficient (Wildman–Crippen LogP) is 2.75. The molecule has 0 atom stereocenters. The lowest BCUT2D eigenvalue weighted by atomic mass is 10.2. The number of hydrogen-bond donors (Lipinski definition) is 1. The monoisotopic (exact) mass is 304 g/mol. The maximum Gasteiger partial charge on any atom is 0.353 e. The Kier molecular flexibility index (Phi) is 6.26. The molecule has 0 amide bonds. The van der Waals surface area contributed by atoms with Crippen LogP contribution in [0.2, 0.25) is 0 Å². The van der Waals surface area contributed by atoms with Crippen molar-refractivity contribution in [1.29, 1.82) is 0 Å². The van der Waals surface area contributed by atoms with Gasteiger partial charge in [-0.05, 0) is 11.6 Å². The average Bonchev–Trinajstić information content (AvgIpc) is 2.02. The highest BCUT2D eigenvalue weighted by atomic mass is 79.9.